The number of nitrogens with zero attached hydrogens (tertiary/aromatic N) is 4. The van der Waals surface area contributed by atoms with Crippen molar-refractivity contribution in [3.8, 4) is 6.07 Å². The van der Waals surface area contributed by atoms with E-state index in [1.807, 2.05) is 30.5 Å². The van der Waals surface area contributed by atoms with Crippen LogP contribution in [0.3, 0.4) is 0 Å². The molecule has 10 nitrogen and oxygen atoms in total. The molecule has 1 saturated heterocycles. The van der Waals surface area contributed by atoms with Crippen LogP contribution in [0.5, 0.6) is 0 Å². The highest BCUT2D eigenvalue weighted by atomic mass is 16.5. The second kappa shape index (κ2) is 12.3. The summed E-state index contributed by atoms with van der Waals surface area (Å²) >= 11 is 0. The molecule has 3 heterocycles. The van der Waals surface area contributed by atoms with E-state index in [9.17, 15) is 19.6 Å². The van der Waals surface area contributed by atoms with Crippen molar-refractivity contribution >= 4 is 40.0 Å². The monoisotopic (exact) mass is 594 g/mol. The SMILES string of the molecule is CNC(C)C(=O)NC1C(=O)N(Cc2c(C3CC3)cnc3ccccc23)c2ccc(C#N)cc2N(C(=O)C2CCOCC2)C1C. The van der Waals surface area contributed by atoms with Crippen molar-refractivity contribution in [2.75, 3.05) is 30.1 Å². The second-order valence-electron chi connectivity index (χ2n) is 12.1. The Morgan fingerprint density at radius 1 is 1.11 bits per heavy atom. The van der Waals surface area contributed by atoms with Crippen LogP contribution in [0.15, 0.2) is 48.7 Å². The molecule has 3 unspecified atom stereocenters. The van der Waals surface area contributed by atoms with Gasteiger partial charge in [0.25, 0.3) is 5.91 Å². The number of fused-ring (bicyclic) bond motifs is 2. The van der Waals surface area contributed by atoms with Gasteiger partial charge in [0.05, 0.1) is 47.2 Å². The van der Waals surface area contributed by atoms with E-state index >= 15 is 0 Å². The number of aromatic nitrogens is 1. The van der Waals surface area contributed by atoms with Gasteiger partial charge in [0.15, 0.2) is 0 Å². The number of pyridine rings is 1. The number of amides is 3. The van der Waals surface area contributed by atoms with Crippen molar-refractivity contribution in [3.63, 3.8) is 0 Å². The van der Waals surface area contributed by atoms with Crippen molar-refractivity contribution in [1.82, 2.24) is 15.6 Å². The highest BCUT2D eigenvalue weighted by Gasteiger charge is 2.44. The number of hydrogen-bond acceptors (Lipinski definition) is 7. The highest BCUT2D eigenvalue weighted by Crippen LogP contribution is 2.45. The van der Waals surface area contributed by atoms with Crippen molar-refractivity contribution in [2.45, 2.75) is 70.1 Å². The van der Waals surface area contributed by atoms with Crippen molar-refractivity contribution in [3.05, 3.63) is 65.4 Å². The largest absolute Gasteiger partial charge is 0.381 e. The van der Waals surface area contributed by atoms with E-state index in [-0.39, 0.29) is 30.2 Å². The van der Waals surface area contributed by atoms with Crippen molar-refractivity contribution in [2.24, 2.45) is 5.92 Å². The Kier molecular flexibility index (Phi) is 8.34. The van der Waals surface area contributed by atoms with E-state index in [1.165, 1.54) is 0 Å². The van der Waals surface area contributed by atoms with Gasteiger partial charge in [0.1, 0.15) is 6.04 Å². The predicted molar refractivity (Wildman–Crippen MR) is 167 cm³/mol. The summed E-state index contributed by atoms with van der Waals surface area (Å²) in [4.78, 5) is 50.4. The highest BCUT2D eigenvalue weighted by molar-refractivity contribution is 6.09. The fourth-order valence-corrected chi connectivity index (χ4v) is 6.39. The Morgan fingerprint density at radius 3 is 2.57 bits per heavy atom. The van der Waals surface area contributed by atoms with Gasteiger partial charge in [-0.05, 0) is 87.9 Å². The van der Waals surface area contributed by atoms with E-state index in [1.54, 1.807) is 48.9 Å². The summed E-state index contributed by atoms with van der Waals surface area (Å²) in [5.41, 5.74) is 4.36. The summed E-state index contributed by atoms with van der Waals surface area (Å²) in [5, 5.41) is 16.7. The first-order chi connectivity index (χ1) is 21.3. The number of hydrogen-bond donors (Lipinski definition) is 2. The summed E-state index contributed by atoms with van der Waals surface area (Å²) in [6, 6.07) is 12.9. The fourth-order valence-electron chi connectivity index (χ4n) is 6.39. The van der Waals surface area contributed by atoms with E-state index in [4.69, 9.17) is 9.72 Å². The Hall–Kier alpha value is -4.33. The minimum absolute atomic E-state index is 0.138. The molecule has 10 heteroatoms. The zero-order valence-electron chi connectivity index (χ0n) is 25.4. The van der Waals surface area contributed by atoms with E-state index in [0.29, 0.717) is 48.9 Å². The zero-order valence-corrected chi connectivity index (χ0v) is 25.4. The first-order valence-electron chi connectivity index (χ1n) is 15.4. The lowest BCUT2D eigenvalue weighted by atomic mass is 9.96. The minimum atomic E-state index is -1.03. The Bertz CT molecular complexity index is 1640. The topological polar surface area (TPSA) is 128 Å². The molecule has 2 aliphatic heterocycles. The maximum atomic E-state index is 14.8. The second-order valence-corrected chi connectivity index (χ2v) is 12.1. The van der Waals surface area contributed by atoms with Crippen LogP contribution in [0.4, 0.5) is 11.4 Å². The molecule has 1 aromatic heterocycles. The molecule has 1 saturated carbocycles. The Labute approximate surface area is 257 Å². The third kappa shape index (κ3) is 5.53. The minimum Gasteiger partial charge on any atom is -0.381 e. The molecule has 2 N–H and O–H groups in total. The summed E-state index contributed by atoms with van der Waals surface area (Å²) < 4.78 is 5.53. The van der Waals surface area contributed by atoms with E-state index < -0.39 is 18.1 Å². The number of carbonyl (C=O) groups is 3. The van der Waals surface area contributed by atoms with Crippen molar-refractivity contribution in [1.29, 1.82) is 5.26 Å². The molecule has 6 rings (SSSR count). The van der Waals surface area contributed by atoms with Gasteiger partial charge < -0.3 is 25.2 Å². The number of rotatable bonds is 7. The van der Waals surface area contributed by atoms with E-state index in [2.05, 4.69) is 16.7 Å². The molecule has 3 amide bonds. The normalized spacial score (nSPS) is 21.4. The molecule has 3 aromatic rings. The number of benzene rings is 2. The van der Waals surface area contributed by atoms with E-state index in [0.717, 1.165) is 34.9 Å². The van der Waals surface area contributed by atoms with Crippen LogP contribution in [-0.4, -0.2) is 61.1 Å². The standard InChI is InChI=1S/C34H38N6O4/c1-20(36-3)32(41)38-31-21(2)40(33(42)24-12-14-44-15-13-24)30-16-22(17-35)8-11-29(30)39(34(31)43)19-27-25-6-4-5-7-28(25)37-18-26(27)23-9-10-23/h4-8,11,16,18,20-21,23-24,31,36H,9-10,12-15,19H2,1-3H3,(H,38,41). The number of carbonyl (C=O) groups excluding carboxylic acids is 3. The lowest BCUT2D eigenvalue weighted by Gasteiger charge is -2.35. The van der Waals surface area contributed by atoms with Crippen LogP contribution in [-0.2, 0) is 25.7 Å². The number of nitriles is 1. The number of anilines is 2. The lowest BCUT2D eigenvalue weighted by molar-refractivity contribution is -0.130. The van der Waals surface area contributed by atoms with Gasteiger partial charge in [0, 0.05) is 30.7 Å². The lowest BCUT2D eigenvalue weighted by Crippen LogP contribution is -2.60. The molecule has 0 bridgehead atoms. The Morgan fingerprint density at radius 2 is 1.86 bits per heavy atom. The quantitative estimate of drug-likeness (QED) is 0.426. The van der Waals surface area contributed by atoms with Gasteiger partial charge in [-0.1, -0.05) is 18.2 Å². The van der Waals surface area contributed by atoms with Crippen LogP contribution in [0, 0.1) is 17.2 Å². The van der Waals surface area contributed by atoms with Gasteiger partial charge >= 0.3 is 0 Å². The number of ether oxygens (including phenoxy) is 1. The van der Waals surface area contributed by atoms with Crippen molar-refractivity contribution < 1.29 is 19.1 Å². The molecule has 3 aliphatic rings. The van der Waals surface area contributed by atoms with Gasteiger partial charge in [-0.3, -0.25) is 19.4 Å². The molecular weight excluding hydrogens is 556 g/mol. The third-order valence-electron chi connectivity index (χ3n) is 9.26. The molecule has 0 spiro atoms. The average Bonchev–Trinajstić information content (AvgIpc) is 3.91. The molecule has 2 fully saturated rings. The molecule has 44 heavy (non-hydrogen) atoms. The Balaban J connectivity index is 1.52. The van der Waals surface area contributed by atoms with Crippen LogP contribution >= 0.6 is 0 Å². The molecule has 228 valence electrons. The smallest absolute Gasteiger partial charge is 0.252 e. The van der Waals surface area contributed by atoms with Crippen LogP contribution in [0.1, 0.15) is 62.1 Å². The summed E-state index contributed by atoms with van der Waals surface area (Å²) in [5.74, 6) is -0.717. The first kappa shape index (κ1) is 29.7. The average molecular weight is 595 g/mol. The number of likely N-dealkylation sites (N-methyl/N-ethyl adjacent to an activating group) is 1. The third-order valence-corrected chi connectivity index (χ3v) is 9.26. The molecular formula is C34H38N6O4. The van der Waals surface area contributed by atoms with Crippen LogP contribution < -0.4 is 20.4 Å². The maximum Gasteiger partial charge on any atom is 0.252 e. The molecule has 1 aliphatic carbocycles. The molecule has 0 radical (unpaired) electrons. The molecule has 3 atom stereocenters. The number of para-hydroxylation sites is 1. The summed E-state index contributed by atoms with van der Waals surface area (Å²) in [6.45, 7) is 4.71. The zero-order chi connectivity index (χ0) is 31.0. The summed E-state index contributed by atoms with van der Waals surface area (Å²) in [6.07, 6.45) is 5.18. The molecule has 2 aromatic carbocycles. The van der Waals surface area contributed by atoms with Crippen LogP contribution in [0.25, 0.3) is 10.9 Å². The van der Waals surface area contributed by atoms with Gasteiger partial charge in [-0.2, -0.15) is 5.26 Å². The fraction of sp³-hybridized carbons (Fsp3) is 0.441. The van der Waals surface area contributed by atoms with Gasteiger partial charge in [-0.25, -0.2) is 0 Å². The maximum absolute atomic E-state index is 14.8. The van der Waals surface area contributed by atoms with Gasteiger partial charge in [-0.15, -0.1) is 0 Å². The number of nitrogens with one attached hydrogen (secondary N) is 2. The van der Waals surface area contributed by atoms with Gasteiger partial charge in [0.2, 0.25) is 11.8 Å². The van der Waals surface area contributed by atoms with Crippen LogP contribution in [0.2, 0.25) is 0 Å². The predicted octanol–water partition coefficient (Wildman–Crippen LogP) is 3.77. The first-order valence-corrected chi connectivity index (χ1v) is 15.4. The summed E-state index contributed by atoms with van der Waals surface area (Å²) in [7, 11) is 1.68.